The zero-order chi connectivity index (χ0) is 22.1. The zero-order valence-electron chi connectivity index (χ0n) is 16.5. The maximum Gasteiger partial charge on any atom is 0.162 e. The van der Waals surface area contributed by atoms with Crippen molar-refractivity contribution in [3.05, 3.63) is 52.7 Å². The average Bonchev–Trinajstić information content (AvgIpc) is 3.25. The molecule has 6 N–H and O–H groups in total. The van der Waals surface area contributed by atoms with E-state index >= 15 is 0 Å². The first kappa shape index (κ1) is 21.2. The molecule has 10 nitrogen and oxygen atoms in total. The lowest BCUT2D eigenvalue weighted by Crippen LogP contribution is -2.40. The van der Waals surface area contributed by atoms with Crippen molar-refractivity contribution in [1.82, 2.24) is 19.5 Å². The van der Waals surface area contributed by atoms with E-state index in [1.807, 2.05) is 12.1 Å². The highest BCUT2D eigenvalue weighted by Gasteiger charge is 2.29. The van der Waals surface area contributed by atoms with Crippen LogP contribution in [0.15, 0.2) is 47.3 Å². The molecule has 0 saturated carbocycles. The number of nitrogen functional groups attached to an aromatic ring is 1. The zero-order valence-corrected chi connectivity index (χ0v) is 18.1. The van der Waals surface area contributed by atoms with Gasteiger partial charge in [-0.05, 0) is 40.2 Å². The summed E-state index contributed by atoms with van der Waals surface area (Å²) in [6.07, 6.45) is -0.614. The van der Waals surface area contributed by atoms with Crippen LogP contribution in [0.3, 0.4) is 0 Å². The summed E-state index contributed by atoms with van der Waals surface area (Å²) in [5.74, 6) is 0.893. The Morgan fingerprint density at radius 3 is 2.87 bits per heavy atom. The van der Waals surface area contributed by atoms with E-state index in [4.69, 9.17) is 20.6 Å². The molecule has 4 rings (SSSR count). The van der Waals surface area contributed by atoms with Gasteiger partial charge < -0.3 is 35.0 Å². The molecule has 0 bridgehead atoms. The molecule has 162 valence electrons. The lowest BCUT2D eigenvalue weighted by molar-refractivity contribution is -0.113. The maximum atomic E-state index is 10.7. The average molecular weight is 489 g/mol. The molecule has 0 unspecified atom stereocenters. The van der Waals surface area contributed by atoms with Gasteiger partial charge in [-0.25, -0.2) is 9.97 Å². The number of nitrogens with zero attached hydrogens (tertiary/aromatic N) is 3. The van der Waals surface area contributed by atoms with Gasteiger partial charge in [-0.3, -0.25) is 5.41 Å². The van der Waals surface area contributed by atoms with Crippen LogP contribution in [0.1, 0.15) is 6.23 Å². The fraction of sp³-hybridized carbons (Fsp3) is 0.250. The number of anilines is 1. The van der Waals surface area contributed by atoms with Gasteiger partial charge in [0.25, 0.3) is 0 Å². The first-order chi connectivity index (χ1) is 14.9. The number of hydrogen-bond acceptors (Lipinski definition) is 8. The largest absolute Gasteiger partial charge is 0.491 e. The summed E-state index contributed by atoms with van der Waals surface area (Å²) in [7, 11) is 1.42. The fourth-order valence-electron chi connectivity index (χ4n) is 3.27. The van der Waals surface area contributed by atoms with Gasteiger partial charge in [0.15, 0.2) is 11.9 Å². The molecule has 1 aromatic carbocycles. The van der Waals surface area contributed by atoms with Gasteiger partial charge in [-0.1, -0.05) is 0 Å². The fourth-order valence-corrected chi connectivity index (χ4v) is 3.61. The molecule has 0 saturated heterocycles. The quantitative estimate of drug-likeness (QED) is 0.265. The van der Waals surface area contributed by atoms with Gasteiger partial charge in [-0.2, -0.15) is 0 Å². The minimum absolute atomic E-state index is 0.0208. The predicted molar refractivity (Wildman–Crippen MR) is 117 cm³/mol. The number of nitrogens with one attached hydrogen (secondary N) is 2. The molecule has 3 aromatic heterocycles. The number of aromatic nitrogens is 4. The van der Waals surface area contributed by atoms with Crippen LogP contribution in [0, 0.1) is 5.41 Å². The number of pyridine rings is 2. The van der Waals surface area contributed by atoms with Gasteiger partial charge in [-0.15, -0.1) is 0 Å². The molecule has 4 aromatic rings. The van der Waals surface area contributed by atoms with Crippen LogP contribution in [0.4, 0.5) is 5.82 Å². The minimum Gasteiger partial charge on any atom is -0.491 e. The third-order valence-corrected chi connectivity index (χ3v) is 5.63. The molecule has 0 aliphatic heterocycles. The number of H-pyrrole nitrogens is 1. The lowest BCUT2D eigenvalue weighted by atomic mass is 10.1. The van der Waals surface area contributed by atoms with Gasteiger partial charge in [0.1, 0.15) is 35.9 Å². The van der Waals surface area contributed by atoms with Gasteiger partial charge in [0.2, 0.25) is 0 Å². The van der Waals surface area contributed by atoms with Crippen LogP contribution in [0.2, 0.25) is 0 Å². The van der Waals surface area contributed by atoms with Crippen molar-refractivity contribution in [2.24, 2.45) is 0 Å². The molecular weight excluding hydrogens is 468 g/mol. The third kappa shape index (κ3) is 4.12. The Balaban J connectivity index is 1.51. The highest BCUT2D eigenvalue weighted by Crippen LogP contribution is 2.26. The van der Waals surface area contributed by atoms with Crippen LogP contribution >= 0.6 is 15.9 Å². The van der Waals surface area contributed by atoms with Crippen LogP contribution < -0.4 is 15.8 Å². The summed E-state index contributed by atoms with van der Waals surface area (Å²) in [6.45, 7) is -0.0208. The number of aliphatic hydroxyl groups is 2. The molecule has 0 spiro atoms. The van der Waals surface area contributed by atoms with Crippen LogP contribution in [0.25, 0.3) is 22.1 Å². The van der Waals surface area contributed by atoms with Gasteiger partial charge >= 0.3 is 0 Å². The van der Waals surface area contributed by atoms with Crippen molar-refractivity contribution in [3.8, 4) is 5.75 Å². The highest BCUT2D eigenvalue weighted by molar-refractivity contribution is 9.10. The number of ether oxygens (including phenoxy) is 2. The smallest absolute Gasteiger partial charge is 0.162 e. The Morgan fingerprint density at radius 2 is 2.10 bits per heavy atom. The van der Waals surface area contributed by atoms with Gasteiger partial charge in [0, 0.05) is 24.8 Å². The first-order valence-electron chi connectivity index (χ1n) is 9.35. The van der Waals surface area contributed by atoms with E-state index in [0.29, 0.717) is 32.7 Å². The molecule has 3 heterocycles. The number of imidazole rings is 1. The van der Waals surface area contributed by atoms with Crippen molar-refractivity contribution in [2.75, 3.05) is 19.5 Å². The topological polar surface area (TPSA) is 155 Å². The minimum atomic E-state index is -1.37. The van der Waals surface area contributed by atoms with Crippen molar-refractivity contribution >= 4 is 43.8 Å². The maximum absolute atomic E-state index is 10.7. The van der Waals surface area contributed by atoms with E-state index in [2.05, 4.69) is 30.9 Å². The molecule has 0 radical (unpaired) electrons. The third-order valence-electron chi connectivity index (χ3n) is 4.99. The van der Waals surface area contributed by atoms with E-state index < -0.39 is 18.4 Å². The highest BCUT2D eigenvalue weighted by atomic mass is 79.9. The second-order valence-electron chi connectivity index (χ2n) is 6.94. The second kappa shape index (κ2) is 8.63. The molecule has 0 fully saturated rings. The molecule has 0 amide bonds. The summed E-state index contributed by atoms with van der Waals surface area (Å²) in [5, 5.41) is 30.5. The SMILES string of the molecule is CO[C@H](COc1ccc2cc(Br)c(N)nc2c1)[C@@H](O)[C@@H](O)n1ccc(=N)c2[nH]cnc21. The molecule has 3 atom stereocenters. The molecule has 0 aliphatic rings. The summed E-state index contributed by atoms with van der Waals surface area (Å²) < 4.78 is 13.2. The van der Waals surface area contributed by atoms with Crippen molar-refractivity contribution in [3.63, 3.8) is 0 Å². The predicted octanol–water partition coefficient (Wildman–Crippen LogP) is 1.68. The van der Waals surface area contributed by atoms with Crippen molar-refractivity contribution in [1.29, 1.82) is 5.41 Å². The van der Waals surface area contributed by atoms with Crippen molar-refractivity contribution < 1.29 is 19.7 Å². The number of fused-ring (bicyclic) bond motifs is 2. The van der Waals surface area contributed by atoms with Crippen molar-refractivity contribution in [2.45, 2.75) is 18.4 Å². The number of rotatable bonds is 7. The molecular formula is C20H21BrN6O4. The summed E-state index contributed by atoms with van der Waals surface area (Å²) in [5.41, 5.74) is 7.31. The molecule has 11 heteroatoms. The summed E-state index contributed by atoms with van der Waals surface area (Å²) in [6, 6.07) is 8.73. The van der Waals surface area contributed by atoms with E-state index in [9.17, 15) is 10.2 Å². The number of benzene rings is 1. The normalized spacial score (nSPS) is 14.6. The Hall–Kier alpha value is -2.99. The number of methoxy groups -OCH3 is 1. The Morgan fingerprint density at radius 1 is 1.29 bits per heavy atom. The number of halogens is 1. The Kier molecular flexibility index (Phi) is 5.92. The summed E-state index contributed by atoms with van der Waals surface area (Å²) >= 11 is 3.35. The molecule has 31 heavy (non-hydrogen) atoms. The summed E-state index contributed by atoms with van der Waals surface area (Å²) in [4.78, 5) is 11.3. The Labute approximate surface area is 184 Å². The second-order valence-corrected chi connectivity index (χ2v) is 7.79. The standard InChI is InChI=1S/C20H21BrN6O4/c1-30-15(8-31-11-3-2-10-6-12(21)18(23)26-14(10)7-11)17(28)20(29)27-5-4-13(22)16-19(27)25-9-24-16/h2-7,9,15,17,20,22,28-29H,8H2,1H3,(H2,23,26)(H,24,25)/t15-,17-,20-/m1/s1. The van der Waals surface area contributed by atoms with E-state index in [0.717, 1.165) is 5.39 Å². The van der Waals surface area contributed by atoms with E-state index in [-0.39, 0.29) is 12.0 Å². The first-order valence-corrected chi connectivity index (χ1v) is 10.1. The van der Waals surface area contributed by atoms with E-state index in [1.165, 1.54) is 30.3 Å². The van der Waals surface area contributed by atoms with E-state index in [1.54, 1.807) is 12.1 Å². The Bertz CT molecular complexity index is 1290. The van der Waals surface area contributed by atoms with Crippen LogP contribution in [-0.2, 0) is 4.74 Å². The number of nitrogens with two attached hydrogens (primary N) is 1. The van der Waals surface area contributed by atoms with Gasteiger partial charge in [0.05, 0.1) is 21.7 Å². The number of aromatic amines is 1. The molecule has 0 aliphatic carbocycles. The van der Waals surface area contributed by atoms with Crippen LogP contribution in [-0.4, -0.2) is 55.7 Å². The lowest BCUT2D eigenvalue weighted by Gasteiger charge is -2.27. The number of hydrogen-bond donors (Lipinski definition) is 5. The monoisotopic (exact) mass is 488 g/mol. The number of aliphatic hydroxyl groups excluding tert-OH is 2. The van der Waals surface area contributed by atoms with Crippen LogP contribution in [0.5, 0.6) is 5.75 Å².